The lowest BCUT2D eigenvalue weighted by Crippen LogP contribution is -2.27. The maximum absolute atomic E-state index is 8.51. The molecule has 2 heterocycles. The van der Waals surface area contributed by atoms with E-state index in [4.69, 9.17) is 10.5 Å². The Kier molecular flexibility index (Phi) is 8.57. The second-order valence-electron chi connectivity index (χ2n) is 10.3. The molecule has 2 aliphatic rings. The molecule has 0 bridgehead atoms. The van der Waals surface area contributed by atoms with Gasteiger partial charge >= 0.3 is 0 Å². The third kappa shape index (κ3) is 5.41. The molecule has 41 heavy (non-hydrogen) atoms. The van der Waals surface area contributed by atoms with Crippen molar-refractivity contribution >= 4 is 51.9 Å². The Balaban J connectivity index is 1.60. The minimum absolute atomic E-state index is 0.332. The zero-order chi connectivity index (χ0) is 29.0. The molecular formula is C31H27N2O6S2+. The Morgan fingerprint density at radius 2 is 1.56 bits per heavy atom. The summed E-state index contributed by atoms with van der Waals surface area (Å²) in [6.45, 7) is 8.67. The lowest BCUT2D eigenvalue weighted by molar-refractivity contribution is -0.431. The normalized spacial score (nSPS) is 17.4. The highest BCUT2D eigenvalue weighted by molar-refractivity contribution is 7.99. The van der Waals surface area contributed by atoms with Gasteiger partial charge in [-0.05, 0) is 48.4 Å². The van der Waals surface area contributed by atoms with Crippen LogP contribution in [0.5, 0.6) is 0 Å². The fourth-order valence-corrected chi connectivity index (χ4v) is 6.00. The minimum atomic E-state index is -0.384. The van der Waals surface area contributed by atoms with Crippen LogP contribution in [-0.2, 0) is 29.6 Å². The molecule has 2 N–H and O–H groups in total. The molecule has 0 aliphatic carbocycles. The van der Waals surface area contributed by atoms with Crippen LogP contribution in [0.1, 0.15) is 38.8 Å². The highest BCUT2D eigenvalue weighted by Gasteiger charge is 2.46. The number of nitrogens with zero attached hydrogens (tertiary/aromatic N) is 2. The molecule has 0 saturated heterocycles. The molecule has 10 heteroatoms. The highest BCUT2D eigenvalue weighted by atomic mass is 32.2. The number of hydrogen-bond donors (Lipinski definition) is 2. The molecule has 3 aromatic rings. The van der Waals surface area contributed by atoms with E-state index in [0.717, 1.165) is 39.1 Å². The Morgan fingerprint density at radius 1 is 0.854 bits per heavy atom. The molecule has 0 amide bonds. The summed E-state index contributed by atoms with van der Waals surface area (Å²) >= 11 is 1.37. The molecule has 208 valence electrons. The zero-order valence-corrected chi connectivity index (χ0v) is 24.4. The van der Waals surface area contributed by atoms with Crippen LogP contribution in [0.25, 0.3) is 10.8 Å². The molecule has 0 atom stereocenters. The smallest absolute Gasteiger partial charge is 0.244 e. The molecule has 0 aromatic heterocycles. The average molecular weight is 588 g/mol. The van der Waals surface area contributed by atoms with E-state index in [-0.39, 0.29) is 10.8 Å². The van der Waals surface area contributed by atoms with E-state index in [9.17, 15) is 0 Å². The van der Waals surface area contributed by atoms with Crippen LogP contribution >= 0.6 is 24.1 Å². The molecule has 0 fully saturated rings. The van der Waals surface area contributed by atoms with E-state index in [2.05, 4.69) is 112 Å². The van der Waals surface area contributed by atoms with E-state index >= 15 is 0 Å². The summed E-state index contributed by atoms with van der Waals surface area (Å²) in [5.74, 6) is 0. The van der Waals surface area contributed by atoms with E-state index in [1.807, 2.05) is 45.9 Å². The van der Waals surface area contributed by atoms with Gasteiger partial charge in [0.2, 0.25) is 17.4 Å². The van der Waals surface area contributed by atoms with Crippen LogP contribution in [0.3, 0.4) is 0 Å². The first-order valence-corrected chi connectivity index (χ1v) is 14.1. The van der Waals surface area contributed by atoms with Gasteiger partial charge in [-0.3, -0.25) is 4.90 Å². The topological polar surface area (TPSA) is 83.6 Å². The second-order valence-corrected chi connectivity index (χ2v) is 11.3. The Morgan fingerprint density at radius 3 is 2.34 bits per heavy atom. The average Bonchev–Trinajstić information content (AvgIpc) is 3.32. The van der Waals surface area contributed by atoms with Gasteiger partial charge in [-0.2, -0.15) is 0 Å². The van der Waals surface area contributed by atoms with Crippen molar-refractivity contribution in [1.29, 1.82) is 0 Å². The minimum Gasteiger partial charge on any atom is -0.272 e. The van der Waals surface area contributed by atoms with Crippen LogP contribution in [-0.4, -0.2) is 20.8 Å². The summed E-state index contributed by atoms with van der Waals surface area (Å²) < 4.78 is 10.9. The van der Waals surface area contributed by atoms with Crippen molar-refractivity contribution in [3.63, 3.8) is 0 Å². The summed E-state index contributed by atoms with van der Waals surface area (Å²) in [6, 6.07) is 26.8. The lowest BCUT2D eigenvalue weighted by Gasteiger charge is -2.22. The van der Waals surface area contributed by atoms with Gasteiger partial charge in [0.25, 0.3) is 0 Å². The number of hydrogen-bond acceptors (Lipinski definition) is 9. The highest BCUT2D eigenvalue weighted by Crippen LogP contribution is 2.48. The molecule has 3 aromatic carbocycles. The van der Waals surface area contributed by atoms with Gasteiger partial charge in [0, 0.05) is 40.1 Å². The summed E-state index contributed by atoms with van der Waals surface area (Å²) in [5.41, 5.74) is 5.48. The van der Waals surface area contributed by atoms with Gasteiger partial charge in [-0.15, -0.1) is 13.2 Å². The Bertz CT molecular complexity index is 1710. The first-order valence-electron chi connectivity index (χ1n) is 12.6. The summed E-state index contributed by atoms with van der Waals surface area (Å²) in [7, 11) is 0. The Hall–Kier alpha value is -3.55. The van der Waals surface area contributed by atoms with Crippen molar-refractivity contribution in [2.24, 2.45) is 0 Å². The summed E-state index contributed by atoms with van der Waals surface area (Å²) in [5, 5.41) is 32.3. The molecule has 2 aliphatic heterocycles. The van der Waals surface area contributed by atoms with Crippen molar-refractivity contribution in [2.75, 3.05) is 4.90 Å². The standard InChI is InChI=1S/C31H26N2O6S2/c1-30(2)24-12-7-8-13-25(24)32(18-20-40-38-36-34)27(30)14-9-15-28-31(3,4)29-23-11-6-5-10-22(23)16-17-26(29)33(28)19-21-41-39-37-35/h5-17H,1-4H3,(H-,34,35)/p+1. The van der Waals surface area contributed by atoms with Crippen molar-refractivity contribution in [3.05, 3.63) is 95.7 Å². The van der Waals surface area contributed by atoms with Gasteiger partial charge in [0.1, 0.15) is 24.1 Å². The van der Waals surface area contributed by atoms with E-state index in [1.54, 1.807) is 0 Å². The monoisotopic (exact) mass is 587 g/mol. The van der Waals surface area contributed by atoms with Crippen molar-refractivity contribution in [3.8, 4) is 22.6 Å². The Labute approximate surface area is 247 Å². The van der Waals surface area contributed by atoms with Crippen LogP contribution in [0.4, 0.5) is 11.4 Å². The molecular weight excluding hydrogens is 560 g/mol. The van der Waals surface area contributed by atoms with Crippen molar-refractivity contribution in [2.45, 2.75) is 38.5 Å². The second kappa shape index (κ2) is 12.1. The molecule has 0 radical (unpaired) electrons. The van der Waals surface area contributed by atoms with E-state index in [1.165, 1.54) is 5.56 Å². The number of anilines is 1. The maximum atomic E-state index is 8.51. The van der Waals surface area contributed by atoms with Crippen LogP contribution in [0.15, 0.2) is 84.6 Å². The number of para-hydroxylation sites is 1. The molecule has 0 unspecified atom stereocenters. The molecule has 0 spiro atoms. The predicted octanol–water partition coefficient (Wildman–Crippen LogP) is 7.43. The lowest BCUT2D eigenvalue weighted by atomic mass is 9.79. The molecule has 0 saturated carbocycles. The van der Waals surface area contributed by atoms with Crippen LogP contribution in [0.2, 0.25) is 0 Å². The largest absolute Gasteiger partial charge is 0.272 e. The fraction of sp³-hybridized carbons (Fsp3) is 0.194. The third-order valence-corrected chi connectivity index (χ3v) is 8.00. The zero-order valence-electron chi connectivity index (χ0n) is 22.7. The summed E-state index contributed by atoms with van der Waals surface area (Å²) in [4.78, 5) is 1.92. The molecule has 5 rings (SSSR count). The number of allylic oxidation sites excluding steroid dienone is 4. The number of benzene rings is 3. The fourth-order valence-electron chi connectivity index (χ4n) is 5.62. The molecule has 8 nitrogen and oxygen atoms in total. The quantitative estimate of drug-likeness (QED) is 0.0764. The SMILES string of the molecule is CC1(C)C(/C=C/C=C2\N(C#CSOOO)c3ccccc3C2(C)C)=[N+](C#CSOOO)c2ccc3ccccc3c21. The van der Waals surface area contributed by atoms with Gasteiger partial charge in [-0.25, -0.2) is 10.5 Å². The van der Waals surface area contributed by atoms with Gasteiger partial charge in [-0.1, -0.05) is 72.5 Å². The first-order chi connectivity index (χ1) is 19.8. The van der Waals surface area contributed by atoms with Crippen molar-refractivity contribution < 1.29 is 33.8 Å². The predicted molar refractivity (Wildman–Crippen MR) is 161 cm³/mol. The van der Waals surface area contributed by atoms with Crippen LogP contribution in [0, 0.1) is 22.6 Å². The van der Waals surface area contributed by atoms with Gasteiger partial charge in [0.05, 0.1) is 16.4 Å². The maximum Gasteiger partial charge on any atom is 0.244 e. The van der Waals surface area contributed by atoms with Crippen molar-refractivity contribution in [1.82, 2.24) is 0 Å². The summed E-state index contributed by atoms with van der Waals surface area (Å²) in [6.07, 6.45) is 6.13. The van der Waals surface area contributed by atoms with Crippen LogP contribution < -0.4 is 4.90 Å². The third-order valence-electron chi connectivity index (χ3n) is 7.39. The number of rotatable bonds is 6. The van der Waals surface area contributed by atoms with E-state index in [0.29, 0.717) is 24.1 Å². The van der Waals surface area contributed by atoms with Gasteiger partial charge < -0.3 is 0 Å². The first kappa shape index (κ1) is 29.0. The number of fused-ring (bicyclic) bond motifs is 4. The van der Waals surface area contributed by atoms with Gasteiger partial charge in [0.15, 0.2) is 0 Å². The van der Waals surface area contributed by atoms with E-state index < -0.39 is 0 Å².